The summed E-state index contributed by atoms with van der Waals surface area (Å²) in [7, 11) is 0. The average Bonchev–Trinajstić information content (AvgIpc) is 3.38. The van der Waals surface area contributed by atoms with E-state index in [4.69, 9.17) is 10.5 Å². The first-order chi connectivity index (χ1) is 16.4. The van der Waals surface area contributed by atoms with Crippen molar-refractivity contribution in [3.63, 3.8) is 0 Å². The third-order valence-corrected chi connectivity index (χ3v) is 12.2. The molecule has 3 unspecified atom stereocenters. The van der Waals surface area contributed by atoms with Gasteiger partial charge < -0.3 is 20.7 Å². The molecule has 2 bridgehead atoms. The Kier molecular flexibility index (Phi) is 7.58. The molecule has 4 aliphatic carbocycles. The fourth-order valence-electron chi connectivity index (χ4n) is 8.32. The monoisotopic (exact) mass is 507 g/mol. The van der Waals surface area contributed by atoms with E-state index in [1.54, 1.807) is 0 Å². The molecule has 0 aromatic carbocycles. The molecule has 35 heavy (non-hydrogen) atoms. The lowest BCUT2D eigenvalue weighted by Gasteiger charge is -2.61. The largest absolute Gasteiger partial charge is 0.461 e. The van der Waals surface area contributed by atoms with E-state index in [0.29, 0.717) is 31.7 Å². The lowest BCUT2D eigenvalue weighted by Crippen LogP contribution is -2.63. The van der Waals surface area contributed by atoms with E-state index in [-0.39, 0.29) is 45.9 Å². The Hall–Kier alpha value is -0.890. The molecule has 4 N–H and O–H groups in total. The van der Waals surface area contributed by atoms with Crippen LogP contribution in [-0.4, -0.2) is 57.8 Å². The van der Waals surface area contributed by atoms with Gasteiger partial charge in [-0.3, -0.25) is 9.59 Å². The van der Waals surface area contributed by atoms with Gasteiger partial charge in [0.15, 0.2) is 0 Å². The molecule has 198 valence electrons. The first kappa shape index (κ1) is 27.2. The Morgan fingerprint density at radius 3 is 2.60 bits per heavy atom. The zero-order chi connectivity index (χ0) is 25.8. The predicted octanol–water partition coefficient (Wildman–Crippen LogP) is 3.72. The number of esters is 1. The van der Waals surface area contributed by atoms with Crippen molar-refractivity contribution in [1.29, 1.82) is 0 Å². The van der Waals surface area contributed by atoms with Crippen molar-refractivity contribution in [2.75, 3.05) is 12.3 Å². The zero-order valence-electron chi connectivity index (χ0n) is 21.9. The molecule has 0 saturated heterocycles. The zero-order valence-corrected chi connectivity index (χ0v) is 22.7. The fourth-order valence-corrected chi connectivity index (χ4v) is 9.48. The smallest absolute Gasteiger partial charge is 0.316 e. The van der Waals surface area contributed by atoms with Crippen LogP contribution in [0.4, 0.5) is 0 Å². The molecule has 0 spiro atoms. The second-order valence-corrected chi connectivity index (χ2v) is 13.8. The number of thioether (sulfide) groups is 1. The van der Waals surface area contributed by atoms with E-state index in [1.165, 1.54) is 11.8 Å². The van der Waals surface area contributed by atoms with Crippen molar-refractivity contribution in [3.05, 3.63) is 12.7 Å². The van der Waals surface area contributed by atoms with Crippen molar-refractivity contribution in [2.24, 2.45) is 45.7 Å². The number of rotatable bonds is 6. The topological polar surface area (TPSA) is 110 Å². The Bertz CT molecular complexity index is 851. The van der Waals surface area contributed by atoms with Gasteiger partial charge in [0, 0.05) is 28.4 Å². The molecule has 0 aromatic heterocycles. The number of ketones is 1. The highest BCUT2D eigenvalue weighted by Crippen LogP contribution is 2.68. The predicted molar refractivity (Wildman–Crippen MR) is 139 cm³/mol. The van der Waals surface area contributed by atoms with Gasteiger partial charge in [0.05, 0.1) is 18.0 Å². The molecule has 0 aromatic rings. The summed E-state index contributed by atoms with van der Waals surface area (Å²) in [6.07, 6.45) is 5.36. The van der Waals surface area contributed by atoms with Crippen LogP contribution in [0.3, 0.4) is 0 Å². The third kappa shape index (κ3) is 4.32. The molecule has 4 rings (SSSR count). The van der Waals surface area contributed by atoms with Crippen LogP contribution >= 0.6 is 11.8 Å². The van der Waals surface area contributed by atoms with Crippen molar-refractivity contribution >= 4 is 23.5 Å². The van der Waals surface area contributed by atoms with Crippen molar-refractivity contribution < 1.29 is 24.5 Å². The van der Waals surface area contributed by atoms with Gasteiger partial charge >= 0.3 is 5.97 Å². The molecule has 11 atom stereocenters. The summed E-state index contributed by atoms with van der Waals surface area (Å²) in [5, 5.41) is 22.0. The van der Waals surface area contributed by atoms with Gasteiger partial charge in [-0.2, -0.15) is 0 Å². The molecular formula is C28H45NO5S. The van der Waals surface area contributed by atoms with Crippen LogP contribution in [0.5, 0.6) is 0 Å². The van der Waals surface area contributed by atoms with Crippen LogP contribution in [0.1, 0.15) is 72.6 Å². The van der Waals surface area contributed by atoms with Crippen LogP contribution in [0.25, 0.3) is 0 Å². The highest BCUT2D eigenvalue weighted by atomic mass is 32.2. The minimum atomic E-state index is -0.663. The maximum Gasteiger partial charge on any atom is 0.316 e. The average molecular weight is 508 g/mol. The Labute approximate surface area is 214 Å². The number of aliphatic hydroxyl groups excluding tert-OH is 2. The number of hydrogen-bond acceptors (Lipinski definition) is 7. The van der Waals surface area contributed by atoms with Gasteiger partial charge in [-0.1, -0.05) is 33.8 Å². The number of Topliss-reactive ketones (excluding diaryl/α,β-unsaturated/α-hetero) is 1. The van der Waals surface area contributed by atoms with E-state index in [9.17, 15) is 19.8 Å². The Morgan fingerprint density at radius 1 is 1.26 bits per heavy atom. The fraction of sp³-hybridized carbons (Fsp3) is 0.857. The van der Waals surface area contributed by atoms with Gasteiger partial charge in [-0.25, -0.2) is 0 Å². The van der Waals surface area contributed by atoms with Crippen molar-refractivity contribution in [1.82, 2.24) is 0 Å². The molecule has 0 heterocycles. The third-order valence-electron chi connectivity index (χ3n) is 10.9. The molecule has 0 amide bonds. The molecule has 0 radical (unpaired) electrons. The van der Waals surface area contributed by atoms with E-state index < -0.39 is 29.1 Å². The molecule has 4 aliphatic rings. The van der Waals surface area contributed by atoms with E-state index in [0.717, 1.165) is 25.7 Å². The molecule has 7 heteroatoms. The summed E-state index contributed by atoms with van der Waals surface area (Å²) in [6.45, 7) is 13.1. The lowest BCUT2D eigenvalue weighted by molar-refractivity contribution is -0.205. The Morgan fingerprint density at radius 2 is 1.97 bits per heavy atom. The quantitative estimate of drug-likeness (QED) is 0.371. The highest BCUT2D eigenvalue weighted by molar-refractivity contribution is 8.00. The van der Waals surface area contributed by atoms with Crippen molar-refractivity contribution in [2.45, 2.75) is 96.2 Å². The highest BCUT2D eigenvalue weighted by Gasteiger charge is 2.68. The molecule has 0 aliphatic heterocycles. The van der Waals surface area contributed by atoms with E-state index in [1.807, 2.05) is 13.0 Å². The minimum Gasteiger partial charge on any atom is -0.461 e. The van der Waals surface area contributed by atoms with E-state index in [2.05, 4.69) is 27.4 Å². The number of carbonyl (C=O) groups is 2. The first-order valence-corrected chi connectivity index (χ1v) is 14.5. The number of aliphatic hydroxyl groups is 2. The van der Waals surface area contributed by atoms with Crippen LogP contribution in [-0.2, 0) is 14.3 Å². The standard InChI is InChI=1S/C28H45NO5S/c1-6-26(4)13-22(34-23(32)15-35-21-12-18(14-29)11-20(21)31)27(5)16(2)7-9-28(17(3)25(26)33)10-8-19(30)24(27)28/h6,16-18,20-22,24-25,31,33H,1,7-15,29H2,2-5H3/t16?,17-,18-,20-,21-,22+,24-,25?,26+,27-,28?/m0/s1. The SMILES string of the molecule is C=C[C@]1(C)C[C@@H](OC(=O)CS[C@H]2C[C@@H](CN)C[C@@H]2O)[C@]2(C)C(C)CCC3(CCC(=O)[C@H]32)[C@@H](C)C1O. The lowest BCUT2D eigenvalue weighted by atomic mass is 9.44. The van der Waals surface area contributed by atoms with Crippen LogP contribution < -0.4 is 5.73 Å². The summed E-state index contributed by atoms with van der Waals surface area (Å²) in [6, 6.07) is 0. The minimum absolute atomic E-state index is 0.0113. The van der Waals surface area contributed by atoms with Crippen LogP contribution in [0, 0.1) is 39.9 Å². The van der Waals surface area contributed by atoms with Gasteiger partial charge in [0.1, 0.15) is 11.9 Å². The first-order valence-electron chi connectivity index (χ1n) is 13.5. The number of nitrogens with two attached hydrogens (primary N) is 1. The normalized spacial score (nSPS) is 49.7. The van der Waals surface area contributed by atoms with E-state index >= 15 is 0 Å². The van der Waals surface area contributed by atoms with Crippen LogP contribution in [0.2, 0.25) is 0 Å². The summed E-state index contributed by atoms with van der Waals surface area (Å²) < 4.78 is 6.29. The Balaban J connectivity index is 1.62. The van der Waals surface area contributed by atoms with Gasteiger partial charge in [-0.05, 0) is 68.2 Å². The maximum atomic E-state index is 13.5. The number of carbonyl (C=O) groups excluding carboxylic acids is 2. The molecule has 6 nitrogen and oxygen atoms in total. The summed E-state index contributed by atoms with van der Waals surface area (Å²) in [4.78, 5) is 26.7. The van der Waals surface area contributed by atoms with Gasteiger partial charge in [0.2, 0.25) is 0 Å². The van der Waals surface area contributed by atoms with Crippen LogP contribution in [0.15, 0.2) is 12.7 Å². The molecular weight excluding hydrogens is 462 g/mol. The van der Waals surface area contributed by atoms with Gasteiger partial charge in [-0.15, -0.1) is 18.3 Å². The molecule has 4 saturated carbocycles. The second-order valence-electron chi connectivity index (χ2n) is 12.6. The van der Waals surface area contributed by atoms with Crippen molar-refractivity contribution in [3.8, 4) is 0 Å². The summed E-state index contributed by atoms with van der Waals surface area (Å²) >= 11 is 1.45. The number of ether oxygens (including phenoxy) is 1. The number of hydrogen-bond donors (Lipinski definition) is 3. The second kappa shape index (κ2) is 9.77. The molecule has 4 fully saturated rings. The summed E-state index contributed by atoms with van der Waals surface area (Å²) in [5.74, 6) is 0.361. The maximum absolute atomic E-state index is 13.5. The summed E-state index contributed by atoms with van der Waals surface area (Å²) in [5.41, 5.74) is 4.39. The van der Waals surface area contributed by atoms with Gasteiger partial charge in [0.25, 0.3) is 0 Å².